The van der Waals surface area contributed by atoms with Crippen molar-refractivity contribution in [2.45, 2.75) is 26.3 Å². The van der Waals surface area contributed by atoms with Crippen LogP contribution in [0.15, 0.2) is 54.6 Å². The van der Waals surface area contributed by atoms with Crippen molar-refractivity contribution in [3.05, 3.63) is 71.5 Å². The van der Waals surface area contributed by atoms with Gasteiger partial charge in [0.15, 0.2) is 5.78 Å². The van der Waals surface area contributed by atoms with E-state index in [-0.39, 0.29) is 30.1 Å². The molecular weight excluding hydrogens is 293 g/mol. The third-order valence-electron chi connectivity index (χ3n) is 3.69. The lowest BCUT2D eigenvalue weighted by Gasteiger charge is -2.21. The first-order valence-corrected chi connectivity index (χ1v) is 7.71. The maximum atomic E-state index is 13.6. The van der Waals surface area contributed by atoms with Crippen LogP contribution in [0.3, 0.4) is 0 Å². The van der Waals surface area contributed by atoms with E-state index < -0.39 is 5.82 Å². The van der Waals surface area contributed by atoms with Crippen LogP contribution in [0.2, 0.25) is 0 Å². The predicted octanol–water partition coefficient (Wildman–Crippen LogP) is 3.84. The van der Waals surface area contributed by atoms with Gasteiger partial charge < -0.3 is 4.90 Å². The van der Waals surface area contributed by atoms with Crippen LogP contribution < -0.4 is 0 Å². The van der Waals surface area contributed by atoms with E-state index in [9.17, 15) is 14.0 Å². The standard InChI is InChI=1S/C19H20FNO2/c1-2-21(14-15-8-4-3-5-9-15)19(23)13-12-18(22)16-10-6-7-11-17(16)20/h3-11H,2,12-14H2,1H3. The Balaban J connectivity index is 1.92. The number of carbonyl (C=O) groups is 2. The lowest BCUT2D eigenvalue weighted by Crippen LogP contribution is -2.30. The van der Waals surface area contributed by atoms with Crippen molar-refractivity contribution < 1.29 is 14.0 Å². The van der Waals surface area contributed by atoms with Gasteiger partial charge in [-0.2, -0.15) is 0 Å². The minimum Gasteiger partial charge on any atom is -0.339 e. The molecule has 0 unspecified atom stereocenters. The van der Waals surface area contributed by atoms with E-state index in [1.807, 2.05) is 37.3 Å². The topological polar surface area (TPSA) is 37.4 Å². The van der Waals surface area contributed by atoms with Gasteiger partial charge in [0.05, 0.1) is 5.56 Å². The van der Waals surface area contributed by atoms with Gasteiger partial charge in [-0.1, -0.05) is 42.5 Å². The Morgan fingerprint density at radius 3 is 2.26 bits per heavy atom. The van der Waals surface area contributed by atoms with E-state index in [0.717, 1.165) is 5.56 Å². The Bertz CT molecular complexity index is 670. The van der Waals surface area contributed by atoms with Gasteiger partial charge in [0.1, 0.15) is 5.82 Å². The first kappa shape index (κ1) is 16.9. The van der Waals surface area contributed by atoms with Crippen LogP contribution in [0.4, 0.5) is 4.39 Å². The van der Waals surface area contributed by atoms with Gasteiger partial charge in [0.2, 0.25) is 5.91 Å². The molecule has 0 aliphatic heterocycles. The maximum Gasteiger partial charge on any atom is 0.223 e. The largest absolute Gasteiger partial charge is 0.339 e. The monoisotopic (exact) mass is 313 g/mol. The second kappa shape index (κ2) is 8.22. The molecule has 0 bridgehead atoms. The molecule has 0 radical (unpaired) electrons. The molecule has 0 spiro atoms. The third kappa shape index (κ3) is 4.74. The van der Waals surface area contributed by atoms with Crippen molar-refractivity contribution in [2.75, 3.05) is 6.54 Å². The fourth-order valence-electron chi connectivity index (χ4n) is 2.38. The van der Waals surface area contributed by atoms with E-state index in [0.29, 0.717) is 13.1 Å². The number of Topliss-reactive ketones (excluding diaryl/α,β-unsaturated/α-hetero) is 1. The van der Waals surface area contributed by atoms with Crippen LogP contribution in [0.25, 0.3) is 0 Å². The normalized spacial score (nSPS) is 10.3. The molecule has 0 saturated carbocycles. The number of halogens is 1. The molecule has 23 heavy (non-hydrogen) atoms. The molecule has 2 rings (SSSR count). The molecule has 0 aliphatic rings. The number of hydrogen-bond donors (Lipinski definition) is 0. The van der Waals surface area contributed by atoms with Gasteiger partial charge in [0.25, 0.3) is 0 Å². The quantitative estimate of drug-likeness (QED) is 0.728. The van der Waals surface area contributed by atoms with Gasteiger partial charge in [-0.3, -0.25) is 9.59 Å². The molecule has 0 atom stereocenters. The van der Waals surface area contributed by atoms with Gasteiger partial charge in [-0.15, -0.1) is 0 Å². The van der Waals surface area contributed by atoms with E-state index in [1.54, 1.807) is 11.0 Å². The second-order valence-corrected chi connectivity index (χ2v) is 5.30. The predicted molar refractivity (Wildman–Crippen MR) is 87.5 cm³/mol. The Morgan fingerprint density at radius 1 is 0.957 bits per heavy atom. The van der Waals surface area contributed by atoms with Gasteiger partial charge >= 0.3 is 0 Å². The van der Waals surface area contributed by atoms with E-state index in [2.05, 4.69) is 0 Å². The molecule has 0 heterocycles. The molecule has 0 aliphatic carbocycles. The summed E-state index contributed by atoms with van der Waals surface area (Å²) in [5.74, 6) is -0.977. The minimum absolute atomic E-state index is 0.0189. The molecule has 0 fully saturated rings. The van der Waals surface area contributed by atoms with Crippen molar-refractivity contribution in [1.29, 1.82) is 0 Å². The highest BCUT2D eigenvalue weighted by molar-refractivity contribution is 5.98. The highest BCUT2D eigenvalue weighted by atomic mass is 19.1. The van der Waals surface area contributed by atoms with E-state index in [4.69, 9.17) is 0 Å². The summed E-state index contributed by atoms with van der Waals surface area (Å²) < 4.78 is 13.6. The number of ketones is 1. The van der Waals surface area contributed by atoms with Crippen LogP contribution in [0.1, 0.15) is 35.7 Å². The molecular formula is C19H20FNO2. The molecule has 4 heteroatoms. The van der Waals surface area contributed by atoms with Crippen molar-refractivity contribution in [3.63, 3.8) is 0 Å². The zero-order valence-electron chi connectivity index (χ0n) is 13.2. The molecule has 0 N–H and O–H groups in total. The summed E-state index contributed by atoms with van der Waals surface area (Å²) in [6, 6.07) is 15.6. The fourth-order valence-corrected chi connectivity index (χ4v) is 2.38. The van der Waals surface area contributed by atoms with E-state index in [1.165, 1.54) is 18.2 Å². The summed E-state index contributed by atoms with van der Waals surface area (Å²) >= 11 is 0. The van der Waals surface area contributed by atoms with Crippen LogP contribution in [-0.4, -0.2) is 23.1 Å². The summed E-state index contributed by atoms with van der Waals surface area (Å²) in [5.41, 5.74) is 1.09. The summed E-state index contributed by atoms with van der Waals surface area (Å²) in [6.45, 7) is 2.99. The second-order valence-electron chi connectivity index (χ2n) is 5.30. The smallest absolute Gasteiger partial charge is 0.223 e. The Hall–Kier alpha value is -2.49. The molecule has 2 aromatic carbocycles. The van der Waals surface area contributed by atoms with Crippen molar-refractivity contribution >= 4 is 11.7 Å². The number of hydrogen-bond acceptors (Lipinski definition) is 2. The molecule has 3 nitrogen and oxygen atoms in total. The molecule has 1 amide bonds. The SMILES string of the molecule is CCN(Cc1ccccc1)C(=O)CCC(=O)c1ccccc1F. The minimum atomic E-state index is -0.540. The van der Waals surface area contributed by atoms with Crippen molar-refractivity contribution in [1.82, 2.24) is 4.90 Å². The van der Waals surface area contributed by atoms with Gasteiger partial charge in [0, 0.05) is 25.9 Å². The Labute approximate surface area is 135 Å². The average molecular weight is 313 g/mol. The molecule has 0 aromatic heterocycles. The number of benzene rings is 2. The fraction of sp³-hybridized carbons (Fsp3) is 0.263. The first-order valence-electron chi connectivity index (χ1n) is 7.71. The molecule has 120 valence electrons. The zero-order valence-corrected chi connectivity index (χ0v) is 13.2. The lowest BCUT2D eigenvalue weighted by atomic mass is 10.1. The van der Waals surface area contributed by atoms with Crippen LogP contribution >= 0.6 is 0 Å². The Kier molecular flexibility index (Phi) is 6.03. The zero-order chi connectivity index (χ0) is 16.7. The number of rotatable bonds is 7. The van der Waals surface area contributed by atoms with Gasteiger partial charge in [-0.05, 0) is 24.6 Å². The first-order chi connectivity index (χ1) is 11.1. The van der Waals surface area contributed by atoms with Crippen LogP contribution in [0.5, 0.6) is 0 Å². The van der Waals surface area contributed by atoms with E-state index >= 15 is 0 Å². The summed E-state index contributed by atoms with van der Waals surface area (Å²) in [7, 11) is 0. The average Bonchev–Trinajstić information content (AvgIpc) is 2.58. The summed E-state index contributed by atoms with van der Waals surface area (Å²) in [6.07, 6.45) is 0.110. The lowest BCUT2D eigenvalue weighted by molar-refractivity contribution is -0.131. The third-order valence-corrected chi connectivity index (χ3v) is 3.69. The van der Waals surface area contributed by atoms with Crippen molar-refractivity contribution in [3.8, 4) is 0 Å². The van der Waals surface area contributed by atoms with Crippen LogP contribution in [-0.2, 0) is 11.3 Å². The molecule has 0 saturated heterocycles. The number of nitrogens with zero attached hydrogens (tertiary/aromatic N) is 1. The maximum absolute atomic E-state index is 13.6. The Morgan fingerprint density at radius 2 is 1.61 bits per heavy atom. The number of amides is 1. The highest BCUT2D eigenvalue weighted by Crippen LogP contribution is 2.12. The highest BCUT2D eigenvalue weighted by Gasteiger charge is 2.16. The van der Waals surface area contributed by atoms with Crippen LogP contribution in [0, 0.1) is 5.82 Å². The van der Waals surface area contributed by atoms with Crippen molar-refractivity contribution in [2.24, 2.45) is 0 Å². The summed E-state index contributed by atoms with van der Waals surface area (Å²) in [4.78, 5) is 26.0. The number of carbonyl (C=O) groups excluding carboxylic acids is 2. The van der Waals surface area contributed by atoms with Gasteiger partial charge in [-0.25, -0.2) is 4.39 Å². The molecule has 2 aromatic rings. The summed E-state index contributed by atoms with van der Waals surface area (Å²) in [5, 5.41) is 0.